The van der Waals surface area contributed by atoms with Crippen molar-refractivity contribution in [2.24, 2.45) is 0 Å². The average molecular weight is 829 g/mol. The number of rotatable bonds is 12. The molecule has 0 atom stereocenters. The zero-order valence-corrected chi connectivity index (χ0v) is 35.9. The van der Waals surface area contributed by atoms with Gasteiger partial charge >= 0.3 is 0 Å². The Kier molecular flexibility index (Phi) is 12.0. The van der Waals surface area contributed by atoms with E-state index in [2.05, 4.69) is 181 Å². The number of anilines is 6. The molecule has 0 amide bonds. The Morgan fingerprint density at radius 3 is 0.844 bits per heavy atom. The molecule has 2 N–H and O–H groups in total. The molecular weight excluding hydrogens is 781 g/mol. The Morgan fingerprint density at radius 1 is 0.297 bits per heavy atom. The summed E-state index contributed by atoms with van der Waals surface area (Å²) in [6.45, 7) is 4.24. The molecule has 0 saturated carbocycles. The van der Waals surface area contributed by atoms with Crippen LogP contribution < -0.4 is 9.80 Å². The van der Waals surface area contributed by atoms with Crippen molar-refractivity contribution >= 4 is 57.4 Å². The third kappa shape index (κ3) is 9.42. The summed E-state index contributed by atoms with van der Waals surface area (Å²) in [7, 11) is 0. The molecule has 0 bridgehead atoms. The summed E-state index contributed by atoms with van der Waals surface area (Å²) in [5.74, 6) is 0.474. The van der Waals surface area contributed by atoms with Crippen molar-refractivity contribution in [1.29, 1.82) is 0 Å². The van der Waals surface area contributed by atoms with Gasteiger partial charge in [-0.05, 0) is 168 Å². The van der Waals surface area contributed by atoms with Crippen LogP contribution in [0.25, 0.3) is 23.3 Å². The summed E-state index contributed by atoms with van der Waals surface area (Å²) < 4.78 is 0. The number of nitrogens with zero attached hydrogens (tertiary/aromatic N) is 2. The van der Waals surface area contributed by atoms with E-state index < -0.39 is 0 Å². The molecule has 0 spiro atoms. The number of benzene rings is 9. The molecule has 9 aromatic rings. The van der Waals surface area contributed by atoms with Crippen molar-refractivity contribution in [3.63, 3.8) is 0 Å². The van der Waals surface area contributed by atoms with E-state index in [9.17, 15) is 10.2 Å². The molecule has 0 saturated heterocycles. The summed E-state index contributed by atoms with van der Waals surface area (Å²) in [5.41, 5.74) is 17.4. The van der Waals surface area contributed by atoms with Gasteiger partial charge in [0.25, 0.3) is 0 Å². The Morgan fingerprint density at radius 2 is 0.547 bits per heavy atom. The predicted octanol–water partition coefficient (Wildman–Crippen LogP) is 15.8. The standard InChI is InChI=1S/C60H48N2O2/c1-43-13-21-47(22-14-43)59(41-45-17-29-53(30-18-45)61(51-9-5-3-6-10-51)55-33-37-57(63)38-34-55)49-25-27-50(28-26-49)60(48-23-15-44(2)16-24-48)42-46-19-31-54(32-20-46)62(52-11-7-4-8-12-52)56-35-39-58(64)40-36-56/h3-42,63-64H,1-2H3. The molecule has 4 heteroatoms. The van der Waals surface area contributed by atoms with Crippen molar-refractivity contribution < 1.29 is 10.2 Å². The molecule has 9 rings (SSSR count). The minimum atomic E-state index is 0.237. The summed E-state index contributed by atoms with van der Waals surface area (Å²) in [5, 5.41) is 20.0. The highest BCUT2D eigenvalue weighted by Crippen LogP contribution is 2.38. The molecule has 0 unspecified atom stereocenters. The number of phenolic OH excluding ortho intramolecular Hbond substituents is 2. The molecule has 0 aromatic heterocycles. The van der Waals surface area contributed by atoms with Crippen LogP contribution in [0.15, 0.2) is 231 Å². The zero-order valence-electron chi connectivity index (χ0n) is 35.9. The lowest BCUT2D eigenvalue weighted by atomic mass is 9.91. The highest BCUT2D eigenvalue weighted by atomic mass is 16.3. The monoisotopic (exact) mass is 828 g/mol. The van der Waals surface area contributed by atoms with Gasteiger partial charge in [0.15, 0.2) is 0 Å². The first-order chi connectivity index (χ1) is 31.3. The van der Waals surface area contributed by atoms with Crippen LogP contribution in [-0.4, -0.2) is 10.2 Å². The average Bonchev–Trinajstić information content (AvgIpc) is 3.34. The summed E-state index contributed by atoms with van der Waals surface area (Å²) in [6, 6.07) is 78.9. The maximum absolute atomic E-state index is 10.0. The Hall–Kier alpha value is -8.34. The number of aromatic hydroxyl groups is 2. The third-order valence-electron chi connectivity index (χ3n) is 11.4. The van der Waals surface area contributed by atoms with E-state index in [4.69, 9.17) is 0 Å². The van der Waals surface area contributed by atoms with Crippen molar-refractivity contribution in [2.75, 3.05) is 9.80 Å². The largest absolute Gasteiger partial charge is 0.508 e. The molecule has 0 radical (unpaired) electrons. The minimum Gasteiger partial charge on any atom is -0.508 e. The van der Waals surface area contributed by atoms with Crippen molar-refractivity contribution in [2.45, 2.75) is 13.8 Å². The lowest BCUT2D eigenvalue weighted by Crippen LogP contribution is -2.09. The van der Waals surface area contributed by atoms with Gasteiger partial charge in [0.1, 0.15) is 11.5 Å². The molecule has 4 nitrogen and oxygen atoms in total. The Labute approximate surface area is 376 Å². The molecule has 0 aliphatic carbocycles. The van der Waals surface area contributed by atoms with Gasteiger partial charge < -0.3 is 20.0 Å². The van der Waals surface area contributed by atoms with Crippen LogP contribution in [0.5, 0.6) is 11.5 Å². The lowest BCUT2D eigenvalue weighted by Gasteiger charge is -2.25. The van der Waals surface area contributed by atoms with Gasteiger partial charge in [0.2, 0.25) is 0 Å². The number of hydrogen-bond acceptors (Lipinski definition) is 4. The first kappa shape index (κ1) is 41.0. The van der Waals surface area contributed by atoms with Gasteiger partial charge in [-0.3, -0.25) is 0 Å². The summed E-state index contributed by atoms with van der Waals surface area (Å²) >= 11 is 0. The molecular formula is C60H48N2O2. The van der Waals surface area contributed by atoms with Crippen LogP contribution in [0.4, 0.5) is 34.1 Å². The van der Waals surface area contributed by atoms with Gasteiger partial charge in [-0.1, -0.05) is 145 Å². The van der Waals surface area contributed by atoms with E-state index in [1.54, 1.807) is 24.3 Å². The van der Waals surface area contributed by atoms with Gasteiger partial charge in [0, 0.05) is 34.1 Å². The topological polar surface area (TPSA) is 46.9 Å². The second-order valence-corrected chi connectivity index (χ2v) is 16.0. The second-order valence-electron chi connectivity index (χ2n) is 16.0. The maximum Gasteiger partial charge on any atom is 0.115 e. The molecule has 0 heterocycles. The number of para-hydroxylation sites is 2. The Balaban J connectivity index is 1.06. The van der Waals surface area contributed by atoms with E-state index in [1.807, 2.05) is 60.7 Å². The van der Waals surface area contributed by atoms with Crippen LogP contribution in [0.3, 0.4) is 0 Å². The van der Waals surface area contributed by atoms with Crippen LogP contribution in [0.1, 0.15) is 44.5 Å². The fourth-order valence-electron chi connectivity index (χ4n) is 7.99. The van der Waals surface area contributed by atoms with Crippen molar-refractivity contribution in [3.8, 4) is 11.5 Å². The van der Waals surface area contributed by atoms with E-state index in [0.717, 1.165) is 78.7 Å². The SMILES string of the molecule is Cc1ccc(C(=Cc2ccc(N(c3ccccc3)c3ccc(O)cc3)cc2)c2ccc(C(=Cc3ccc(N(c4ccccc4)c4ccc(O)cc4)cc3)c3ccc(C)cc3)cc2)cc1. The first-order valence-electron chi connectivity index (χ1n) is 21.5. The summed E-state index contributed by atoms with van der Waals surface area (Å²) in [6.07, 6.45) is 4.54. The fraction of sp³-hybridized carbons (Fsp3) is 0.0333. The minimum absolute atomic E-state index is 0.237. The third-order valence-corrected chi connectivity index (χ3v) is 11.4. The molecule has 9 aromatic carbocycles. The molecule has 310 valence electrons. The molecule has 0 fully saturated rings. The van der Waals surface area contributed by atoms with E-state index in [-0.39, 0.29) is 11.5 Å². The summed E-state index contributed by atoms with van der Waals surface area (Å²) in [4.78, 5) is 4.38. The predicted molar refractivity (Wildman–Crippen MR) is 268 cm³/mol. The van der Waals surface area contributed by atoms with Crippen LogP contribution >= 0.6 is 0 Å². The van der Waals surface area contributed by atoms with Gasteiger partial charge in [-0.15, -0.1) is 0 Å². The van der Waals surface area contributed by atoms with Crippen molar-refractivity contribution in [3.05, 3.63) is 275 Å². The van der Waals surface area contributed by atoms with Crippen LogP contribution in [0.2, 0.25) is 0 Å². The number of hydrogen-bond donors (Lipinski definition) is 2. The highest BCUT2D eigenvalue weighted by molar-refractivity contribution is 5.95. The van der Waals surface area contributed by atoms with Crippen LogP contribution in [-0.2, 0) is 0 Å². The number of phenols is 2. The second kappa shape index (κ2) is 18.7. The molecule has 0 aliphatic heterocycles. The van der Waals surface area contributed by atoms with E-state index in [1.165, 1.54) is 11.1 Å². The quantitative estimate of drug-likeness (QED) is 0.120. The van der Waals surface area contributed by atoms with Gasteiger partial charge in [-0.25, -0.2) is 0 Å². The van der Waals surface area contributed by atoms with Gasteiger partial charge in [0.05, 0.1) is 0 Å². The Bertz CT molecular complexity index is 2780. The molecule has 64 heavy (non-hydrogen) atoms. The molecule has 0 aliphatic rings. The van der Waals surface area contributed by atoms with E-state index in [0.29, 0.717) is 0 Å². The van der Waals surface area contributed by atoms with Crippen molar-refractivity contribution in [1.82, 2.24) is 0 Å². The fourth-order valence-corrected chi connectivity index (χ4v) is 7.99. The number of aryl methyl sites for hydroxylation is 2. The first-order valence-corrected chi connectivity index (χ1v) is 21.5. The zero-order chi connectivity index (χ0) is 43.8. The maximum atomic E-state index is 10.0. The smallest absolute Gasteiger partial charge is 0.115 e. The lowest BCUT2D eigenvalue weighted by molar-refractivity contribution is 0.475. The normalized spacial score (nSPS) is 11.6. The highest BCUT2D eigenvalue weighted by Gasteiger charge is 2.15. The van der Waals surface area contributed by atoms with Crippen LogP contribution in [0, 0.1) is 13.8 Å². The van der Waals surface area contributed by atoms with E-state index >= 15 is 0 Å². The van der Waals surface area contributed by atoms with Gasteiger partial charge in [-0.2, -0.15) is 0 Å².